The van der Waals surface area contributed by atoms with Gasteiger partial charge in [0, 0.05) is 18.5 Å². The van der Waals surface area contributed by atoms with Crippen LogP contribution in [0, 0.1) is 11.7 Å². The lowest BCUT2D eigenvalue weighted by Crippen LogP contribution is -2.24. The fraction of sp³-hybridized carbons (Fsp3) is 0.308. The van der Waals surface area contributed by atoms with Crippen LogP contribution >= 0.6 is 12.6 Å². The maximum absolute atomic E-state index is 12.9. The van der Waals surface area contributed by atoms with E-state index in [1.165, 1.54) is 17.0 Å². The van der Waals surface area contributed by atoms with E-state index in [0.29, 0.717) is 24.3 Å². The van der Waals surface area contributed by atoms with Gasteiger partial charge in [-0.1, -0.05) is 5.10 Å². The third kappa shape index (κ3) is 2.40. The van der Waals surface area contributed by atoms with Crippen LogP contribution in [0.25, 0.3) is 11.5 Å². The second-order valence-corrected chi connectivity index (χ2v) is 5.02. The van der Waals surface area contributed by atoms with Crippen molar-refractivity contribution in [3.8, 4) is 11.5 Å². The van der Waals surface area contributed by atoms with Crippen molar-refractivity contribution in [1.82, 2.24) is 10.2 Å². The van der Waals surface area contributed by atoms with Gasteiger partial charge in [-0.15, -0.1) is 5.10 Å². The molecule has 0 saturated carbocycles. The molecule has 0 N–H and O–H groups in total. The van der Waals surface area contributed by atoms with E-state index in [2.05, 4.69) is 22.8 Å². The SMILES string of the molecule is O=C1CC(CS)CN1c1nnc(-c2ccc(F)cc2)o1. The van der Waals surface area contributed by atoms with Gasteiger partial charge in [0.2, 0.25) is 11.8 Å². The van der Waals surface area contributed by atoms with Crippen LogP contribution in [0.1, 0.15) is 6.42 Å². The van der Waals surface area contributed by atoms with Gasteiger partial charge >= 0.3 is 6.01 Å². The van der Waals surface area contributed by atoms with Gasteiger partial charge in [-0.25, -0.2) is 4.39 Å². The predicted octanol–water partition coefficient (Wildman–Crippen LogP) is 2.16. The summed E-state index contributed by atoms with van der Waals surface area (Å²) in [5.41, 5.74) is 0.613. The van der Waals surface area contributed by atoms with E-state index >= 15 is 0 Å². The van der Waals surface area contributed by atoms with Gasteiger partial charge in [-0.05, 0) is 35.9 Å². The highest BCUT2D eigenvalue weighted by Crippen LogP contribution is 2.27. The van der Waals surface area contributed by atoms with E-state index in [1.807, 2.05) is 0 Å². The van der Waals surface area contributed by atoms with Gasteiger partial charge in [-0.3, -0.25) is 9.69 Å². The minimum absolute atomic E-state index is 0.0432. The summed E-state index contributed by atoms with van der Waals surface area (Å²) in [4.78, 5) is 13.3. The lowest BCUT2D eigenvalue weighted by Gasteiger charge is -2.09. The highest BCUT2D eigenvalue weighted by atomic mass is 32.1. The fourth-order valence-corrected chi connectivity index (χ4v) is 2.37. The number of amides is 1. The average molecular weight is 293 g/mol. The van der Waals surface area contributed by atoms with Gasteiger partial charge < -0.3 is 4.42 Å². The summed E-state index contributed by atoms with van der Waals surface area (Å²) in [5.74, 6) is 0.730. The number of hydrogen-bond acceptors (Lipinski definition) is 5. The molecule has 0 spiro atoms. The number of anilines is 1. The Hall–Kier alpha value is -1.89. The zero-order chi connectivity index (χ0) is 14.1. The summed E-state index contributed by atoms with van der Waals surface area (Å²) < 4.78 is 18.4. The standard InChI is InChI=1S/C13H12FN3O2S/c14-10-3-1-9(2-4-10)12-15-16-13(19-12)17-6-8(7-20)5-11(17)18/h1-4,8,20H,5-7H2. The molecule has 1 amide bonds. The van der Waals surface area contributed by atoms with Crippen LogP contribution < -0.4 is 4.90 Å². The van der Waals surface area contributed by atoms with Crippen molar-refractivity contribution in [3.63, 3.8) is 0 Å². The van der Waals surface area contributed by atoms with Gasteiger partial charge in [0.25, 0.3) is 0 Å². The zero-order valence-corrected chi connectivity index (χ0v) is 11.4. The number of thiol groups is 1. The quantitative estimate of drug-likeness (QED) is 0.881. The molecule has 1 aliphatic rings. The van der Waals surface area contributed by atoms with Gasteiger partial charge in [0.15, 0.2) is 0 Å². The predicted molar refractivity (Wildman–Crippen MR) is 74.0 cm³/mol. The molecule has 0 radical (unpaired) electrons. The average Bonchev–Trinajstić information content (AvgIpc) is 3.06. The molecule has 0 bridgehead atoms. The molecule has 1 fully saturated rings. The molecule has 7 heteroatoms. The molecule has 1 unspecified atom stereocenters. The number of nitrogens with zero attached hydrogens (tertiary/aromatic N) is 3. The summed E-state index contributed by atoms with van der Waals surface area (Å²) in [5, 5.41) is 7.78. The number of halogens is 1. The van der Waals surface area contributed by atoms with Crippen molar-refractivity contribution in [3.05, 3.63) is 30.1 Å². The molecule has 1 atom stereocenters. The van der Waals surface area contributed by atoms with E-state index in [4.69, 9.17) is 4.42 Å². The Bertz CT molecular complexity index is 629. The van der Waals surface area contributed by atoms with Crippen molar-refractivity contribution >= 4 is 24.6 Å². The lowest BCUT2D eigenvalue weighted by molar-refractivity contribution is -0.117. The minimum Gasteiger partial charge on any atom is -0.403 e. The summed E-state index contributed by atoms with van der Waals surface area (Å²) >= 11 is 4.20. The van der Waals surface area contributed by atoms with Crippen LogP contribution in [0.5, 0.6) is 0 Å². The Balaban J connectivity index is 1.83. The molecule has 20 heavy (non-hydrogen) atoms. The zero-order valence-electron chi connectivity index (χ0n) is 10.5. The van der Waals surface area contributed by atoms with Crippen molar-refractivity contribution in [2.45, 2.75) is 6.42 Å². The highest BCUT2D eigenvalue weighted by Gasteiger charge is 2.33. The van der Waals surface area contributed by atoms with Crippen LogP contribution in [0.2, 0.25) is 0 Å². The normalized spacial score (nSPS) is 18.8. The number of hydrogen-bond donors (Lipinski definition) is 1. The molecule has 3 rings (SSSR count). The van der Waals surface area contributed by atoms with Crippen molar-refractivity contribution in [1.29, 1.82) is 0 Å². The molecule has 1 aliphatic heterocycles. The third-order valence-corrected chi connectivity index (χ3v) is 3.72. The molecular weight excluding hydrogens is 281 g/mol. The maximum Gasteiger partial charge on any atom is 0.325 e. The molecule has 5 nitrogen and oxygen atoms in total. The number of carbonyl (C=O) groups is 1. The smallest absolute Gasteiger partial charge is 0.325 e. The monoisotopic (exact) mass is 293 g/mol. The molecule has 0 aliphatic carbocycles. The Kier molecular flexibility index (Phi) is 3.43. The van der Waals surface area contributed by atoms with E-state index in [0.717, 1.165) is 0 Å². The Morgan fingerprint density at radius 2 is 2.10 bits per heavy atom. The first-order valence-corrected chi connectivity index (χ1v) is 6.81. The van der Waals surface area contributed by atoms with E-state index < -0.39 is 0 Å². The Morgan fingerprint density at radius 1 is 1.35 bits per heavy atom. The number of rotatable bonds is 3. The largest absolute Gasteiger partial charge is 0.403 e. The number of benzene rings is 1. The molecule has 104 valence electrons. The fourth-order valence-electron chi connectivity index (χ4n) is 2.12. The number of carbonyl (C=O) groups excluding carboxylic acids is 1. The lowest BCUT2D eigenvalue weighted by atomic mass is 10.1. The second kappa shape index (κ2) is 5.24. The molecule has 1 aromatic heterocycles. The van der Waals surface area contributed by atoms with Gasteiger partial charge in [-0.2, -0.15) is 12.6 Å². The van der Waals surface area contributed by atoms with Crippen LogP contribution in [-0.2, 0) is 4.79 Å². The first-order chi connectivity index (χ1) is 9.67. The van der Waals surface area contributed by atoms with Crippen LogP contribution in [0.3, 0.4) is 0 Å². The van der Waals surface area contributed by atoms with Gasteiger partial charge in [0.1, 0.15) is 5.82 Å². The minimum atomic E-state index is -0.333. The molecule has 1 saturated heterocycles. The maximum atomic E-state index is 12.9. The van der Waals surface area contributed by atoms with E-state index in [9.17, 15) is 9.18 Å². The summed E-state index contributed by atoms with van der Waals surface area (Å²) in [6.07, 6.45) is 0.442. The first-order valence-electron chi connectivity index (χ1n) is 6.18. The summed E-state index contributed by atoms with van der Waals surface area (Å²) in [6, 6.07) is 5.91. The van der Waals surface area contributed by atoms with Gasteiger partial charge in [0.05, 0.1) is 0 Å². The van der Waals surface area contributed by atoms with Crippen LogP contribution in [-0.4, -0.2) is 28.4 Å². The second-order valence-electron chi connectivity index (χ2n) is 4.65. The Labute approximate surface area is 120 Å². The van der Waals surface area contributed by atoms with Crippen molar-refractivity contribution < 1.29 is 13.6 Å². The molecular formula is C13H12FN3O2S. The van der Waals surface area contributed by atoms with Crippen molar-refractivity contribution in [2.24, 2.45) is 5.92 Å². The molecule has 2 heterocycles. The molecule has 2 aromatic rings. The topological polar surface area (TPSA) is 59.2 Å². The van der Waals surface area contributed by atoms with E-state index in [-0.39, 0.29) is 29.5 Å². The Morgan fingerprint density at radius 3 is 2.75 bits per heavy atom. The number of aromatic nitrogens is 2. The molecule has 1 aromatic carbocycles. The summed E-state index contributed by atoms with van der Waals surface area (Å²) in [6.45, 7) is 0.535. The van der Waals surface area contributed by atoms with Crippen molar-refractivity contribution in [2.75, 3.05) is 17.2 Å². The van der Waals surface area contributed by atoms with E-state index in [1.54, 1.807) is 12.1 Å². The highest BCUT2D eigenvalue weighted by molar-refractivity contribution is 7.80. The third-order valence-electron chi connectivity index (χ3n) is 3.20. The van der Waals surface area contributed by atoms with Crippen LogP contribution in [0.4, 0.5) is 10.4 Å². The summed E-state index contributed by atoms with van der Waals surface area (Å²) in [7, 11) is 0. The first kappa shape index (κ1) is 13.1. The van der Waals surface area contributed by atoms with Crippen LogP contribution in [0.15, 0.2) is 28.7 Å².